The largest absolute Gasteiger partial charge is 0.463 e. The van der Waals surface area contributed by atoms with Gasteiger partial charge in [0.05, 0.1) is 12.6 Å². The van der Waals surface area contributed by atoms with Crippen molar-refractivity contribution >= 4 is 11.9 Å². The van der Waals surface area contributed by atoms with Crippen LogP contribution in [0.15, 0.2) is 29.4 Å². The van der Waals surface area contributed by atoms with Gasteiger partial charge < -0.3 is 9.47 Å². The molecule has 0 spiro atoms. The molecule has 1 aromatic carbocycles. The Morgan fingerprint density at radius 3 is 2.79 bits per heavy atom. The molecule has 0 bridgehead atoms. The first-order chi connectivity index (χ1) is 9.10. The average molecular weight is 264 g/mol. The lowest BCUT2D eigenvalue weighted by molar-refractivity contribution is -0.168. The molecule has 0 aliphatic carbocycles. The van der Waals surface area contributed by atoms with Crippen LogP contribution in [0.5, 0.6) is 0 Å². The Hall–Kier alpha value is -2.40. The third kappa shape index (κ3) is 4.08. The highest BCUT2D eigenvalue weighted by molar-refractivity contribution is 5.79. The van der Waals surface area contributed by atoms with Gasteiger partial charge in [-0.15, -0.1) is 0 Å². The lowest BCUT2D eigenvalue weighted by atomic mass is 10.1. The second-order valence-corrected chi connectivity index (χ2v) is 3.65. The van der Waals surface area contributed by atoms with E-state index in [0.717, 1.165) is 0 Å². The summed E-state index contributed by atoms with van der Waals surface area (Å²) in [5.74, 6) is -1.39. The second-order valence-electron chi connectivity index (χ2n) is 3.65. The minimum atomic E-state index is -1.28. The summed E-state index contributed by atoms with van der Waals surface area (Å²) in [5, 5.41) is 3.53. The van der Waals surface area contributed by atoms with E-state index in [1.807, 2.05) is 0 Å². The number of hydrogen-bond donors (Lipinski definition) is 0. The second kappa shape index (κ2) is 7.13. The van der Waals surface area contributed by atoms with Crippen molar-refractivity contribution < 1.29 is 19.1 Å². The Morgan fingerprint density at radius 2 is 2.32 bits per heavy atom. The molecule has 0 aromatic heterocycles. The first kappa shape index (κ1) is 14.7. The molecule has 7 nitrogen and oxygen atoms in total. The van der Waals surface area contributed by atoms with Crippen LogP contribution >= 0.6 is 0 Å². The van der Waals surface area contributed by atoms with Gasteiger partial charge in [-0.05, 0) is 12.5 Å². The molecule has 102 valence electrons. The SMILES string of the molecule is CCOC(=O)[C@@H](OC(C)=O)[C@H](N=[N+]=[N-])c1ccc[cH-]1. The van der Waals surface area contributed by atoms with E-state index in [1.165, 1.54) is 6.92 Å². The smallest absolute Gasteiger partial charge is 0.348 e. The van der Waals surface area contributed by atoms with Gasteiger partial charge >= 0.3 is 11.9 Å². The Balaban J connectivity index is 3.06. The molecule has 0 saturated heterocycles. The van der Waals surface area contributed by atoms with Gasteiger partial charge in [-0.3, -0.25) is 4.79 Å². The van der Waals surface area contributed by atoms with Crippen LogP contribution in [0.3, 0.4) is 0 Å². The lowest BCUT2D eigenvalue weighted by Gasteiger charge is -2.23. The molecule has 2 atom stereocenters. The van der Waals surface area contributed by atoms with E-state index in [1.54, 1.807) is 31.2 Å². The fourth-order valence-corrected chi connectivity index (χ4v) is 1.59. The molecule has 1 rings (SSSR count). The summed E-state index contributed by atoms with van der Waals surface area (Å²) in [6.07, 6.45) is -1.28. The number of ether oxygens (including phenoxy) is 2. The maximum absolute atomic E-state index is 11.8. The molecule has 0 saturated carbocycles. The van der Waals surface area contributed by atoms with Gasteiger partial charge in [0, 0.05) is 11.8 Å². The Kier molecular flexibility index (Phi) is 5.50. The van der Waals surface area contributed by atoms with Gasteiger partial charge in [-0.2, -0.15) is 17.7 Å². The first-order valence-electron chi connectivity index (χ1n) is 5.69. The van der Waals surface area contributed by atoms with Gasteiger partial charge in [-0.1, -0.05) is 5.11 Å². The zero-order chi connectivity index (χ0) is 14.3. The van der Waals surface area contributed by atoms with E-state index >= 15 is 0 Å². The lowest BCUT2D eigenvalue weighted by Crippen LogP contribution is -2.33. The molecule has 0 aliphatic rings. The molecular weight excluding hydrogens is 250 g/mol. The number of nitrogens with zero attached hydrogens (tertiary/aromatic N) is 3. The number of carbonyl (C=O) groups is 2. The topological polar surface area (TPSA) is 101 Å². The van der Waals surface area contributed by atoms with Crippen molar-refractivity contribution in [1.29, 1.82) is 0 Å². The van der Waals surface area contributed by atoms with E-state index in [9.17, 15) is 9.59 Å². The highest BCUT2D eigenvalue weighted by Gasteiger charge is 2.31. The van der Waals surface area contributed by atoms with E-state index < -0.39 is 24.1 Å². The van der Waals surface area contributed by atoms with Crippen LogP contribution in [0.2, 0.25) is 0 Å². The minimum Gasteiger partial charge on any atom is -0.463 e. The Labute approximate surface area is 110 Å². The van der Waals surface area contributed by atoms with Gasteiger partial charge in [0.15, 0.2) is 0 Å². The van der Waals surface area contributed by atoms with Gasteiger partial charge in [0.1, 0.15) is 0 Å². The minimum absolute atomic E-state index is 0.139. The molecule has 1 aromatic rings. The molecule has 0 heterocycles. The number of hydrogen-bond acceptors (Lipinski definition) is 5. The molecule has 0 unspecified atom stereocenters. The normalized spacial score (nSPS) is 12.9. The van der Waals surface area contributed by atoms with Crippen LogP contribution < -0.4 is 0 Å². The van der Waals surface area contributed by atoms with Crippen LogP contribution in [-0.4, -0.2) is 24.6 Å². The zero-order valence-corrected chi connectivity index (χ0v) is 10.6. The fraction of sp³-hybridized carbons (Fsp3) is 0.417. The summed E-state index contributed by atoms with van der Waals surface area (Å²) in [6.45, 7) is 2.94. The predicted octanol–water partition coefficient (Wildman–Crippen LogP) is 2.25. The molecule has 7 heteroatoms. The van der Waals surface area contributed by atoms with Crippen LogP contribution in [0.25, 0.3) is 10.4 Å². The van der Waals surface area contributed by atoms with Crippen molar-refractivity contribution in [3.63, 3.8) is 0 Å². The highest BCUT2D eigenvalue weighted by atomic mass is 16.6. The predicted molar refractivity (Wildman–Crippen MR) is 66.1 cm³/mol. The summed E-state index contributed by atoms with van der Waals surface area (Å²) in [4.78, 5) is 25.6. The third-order valence-corrected chi connectivity index (χ3v) is 2.30. The van der Waals surface area contributed by atoms with E-state index in [2.05, 4.69) is 10.0 Å². The van der Waals surface area contributed by atoms with Crippen molar-refractivity contribution in [3.05, 3.63) is 40.3 Å². The first-order valence-corrected chi connectivity index (χ1v) is 5.69. The Morgan fingerprint density at radius 1 is 1.58 bits per heavy atom. The van der Waals surface area contributed by atoms with Crippen LogP contribution in [0, 0.1) is 0 Å². The van der Waals surface area contributed by atoms with Crippen molar-refractivity contribution in [3.8, 4) is 0 Å². The van der Waals surface area contributed by atoms with E-state index in [-0.39, 0.29) is 6.61 Å². The fourth-order valence-electron chi connectivity index (χ4n) is 1.59. The van der Waals surface area contributed by atoms with Crippen molar-refractivity contribution in [2.45, 2.75) is 26.0 Å². The number of carbonyl (C=O) groups excluding carboxylic acids is 2. The van der Waals surface area contributed by atoms with Gasteiger partial charge in [-0.25, -0.2) is 16.9 Å². The van der Waals surface area contributed by atoms with E-state index in [0.29, 0.717) is 5.56 Å². The summed E-state index contributed by atoms with van der Waals surface area (Å²) >= 11 is 0. The van der Waals surface area contributed by atoms with Crippen molar-refractivity contribution in [2.24, 2.45) is 5.11 Å². The standard InChI is InChI=1S/C12H14N3O4/c1-3-18-12(17)11(19-8(2)16)10(14-15-13)9-6-4-5-7-9/h4-7,10-11H,3H2,1-2H3/q-1/t10-,11+/m1/s1. The zero-order valence-electron chi connectivity index (χ0n) is 10.6. The van der Waals surface area contributed by atoms with Gasteiger partial charge in [0.25, 0.3) is 0 Å². The average Bonchev–Trinajstić information content (AvgIpc) is 2.87. The quantitative estimate of drug-likeness (QED) is 0.258. The molecule has 0 fully saturated rings. The van der Waals surface area contributed by atoms with Crippen LogP contribution in [0.1, 0.15) is 25.5 Å². The van der Waals surface area contributed by atoms with Crippen LogP contribution in [-0.2, 0) is 19.1 Å². The summed E-state index contributed by atoms with van der Waals surface area (Å²) < 4.78 is 9.76. The van der Waals surface area contributed by atoms with Gasteiger partial charge in [0.2, 0.25) is 6.10 Å². The maximum atomic E-state index is 11.8. The molecule has 19 heavy (non-hydrogen) atoms. The van der Waals surface area contributed by atoms with Crippen LogP contribution in [0.4, 0.5) is 0 Å². The monoisotopic (exact) mass is 264 g/mol. The third-order valence-electron chi connectivity index (χ3n) is 2.30. The number of esters is 2. The number of azide groups is 1. The summed E-state index contributed by atoms with van der Waals surface area (Å²) in [6, 6.07) is 5.86. The number of rotatable bonds is 6. The Bertz CT molecular complexity index is 477. The summed E-state index contributed by atoms with van der Waals surface area (Å²) in [7, 11) is 0. The molecule has 0 amide bonds. The molecular formula is C12H14N3O4-. The van der Waals surface area contributed by atoms with Crippen molar-refractivity contribution in [2.75, 3.05) is 6.61 Å². The summed E-state index contributed by atoms with van der Waals surface area (Å²) in [5.41, 5.74) is 9.18. The molecule has 0 N–H and O–H groups in total. The molecule has 0 radical (unpaired) electrons. The van der Waals surface area contributed by atoms with Crippen molar-refractivity contribution in [1.82, 2.24) is 0 Å². The highest BCUT2D eigenvalue weighted by Crippen LogP contribution is 2.25. The maximum Gasteiger partial charge on any atom is 0.348 e. The van der Waals surface area contributed by atoms with E-state index in [4.69, 9.17) is 15.0 Å². The molecule has 0 aliphatic heterocycles.